The second kappa shape index (κ2) is 6.87. The SMILES string of the molecule is O=C(c1ccc2c(c1)CCCC2)N1CCN(c2ccc(F)cc2)CC1. The lowest BCUT2D eigenvalue weighted by Crippen LogP contribution is -2.48. The molecule has 0 saturated carbocycles. The summed E-state index contributed by atoms with van der Waals surface area (Å²) < 4.78 is 13.1. The van der Waals surface area contributed by atoms with Crippen molar-refractivity contribution in [2.24, 2.45) is 0 Å². The molecule has 2 aliphatic rings. The molecule has 0 N–H and O–H groups in total. The molecule has 0 unspecified atom stereocenters. The van der Waals surface area contributed by atoms with E-state index in [4.69, 9.17) is 0 Å². The maximum absolute atomic E-state index is 13.1. The van der Waals surface area contributed by atoms with E-state index in [-0.39, 0.29) is 11.7 Å². The predicted molar refractivity (Wildman–Crippen MR) is 97.6 cm³/mol. The Hall–Kier alpha value is -2.36. The molecule has 0 bridgehead atoms. The van der Waals surface area contributed by atoms with Crippen LogP contribution in [0.1, 0.15) is 34.3 Å². The highest BCUT2D eigenvalue weighted by Gasteiger charge is 2.23. The monoisotopic (exact) mass is 338 g/mol. The minimum atomic E-state index is -0.218. The number of anilines is 1. The Kier molecular flexibility index (Phi) is 4.43. The van der Waals surface area contributed by atoms with Crippen LogP contribution in [-0.4, -0.2) is 37.0 Å². The van der Waals surface area contributed by atoms with Crippen molar-refractivity contribution < 1.29 is 9.18 Å². The van der Waals surface area contributed by atoms with Gasteiger partial charge >= 0.3 is 0 Å². The van der Waals surface area contributed by atoms with Crippen LogP contribution in [0.25, 0.3) is 0 Å². The van der Waals surface area contributed by atoms with Crippen LogP contribution in [0.5, 0.6) is 0 Å². The number of carbonyl (C=O) groups is 1. The van der Waals surface area contributed by atoms with Gasteiger partial charge in [0.05, 0.1) is 0 Å². The quantitative estimate of drug-likeness (QED) is 0.834. The number of amides is 1. The summed E-state index contributed by atoms with van der Waals surface area (Å²) in [5.41, 5.74) is 4.59. The van der Waals surface area contributed by atoms with Gasteiger partial charge in [0, 0.05) is 37.4 Å². The second-order valence-corrected chi connectivity index (χ2v) is 6.95. The van der Waals surface area contributed by atoms with Gasteiger partial charge in [-0.2, -0.15) is 0 Å². The fraction of sp³-hybridized carbons (Fsp3) is 0.381. The van der Waals surface area contributed by atoms with Gasteiger partial charge in [-0.1, -0.05) is 6.07 Å². The summed E-state index contributed by atoms with van der Waals surface area (Å²) >= 11 is 0. The first kappa shape index (κ1) is 16.1. The van der Waals surface area contributed by atoms with Crippen molar-refractivity contribution >= 4 is 11.6 Å². The number of carbonyl (C=O) groups excluding carboxylic acids is 1. The summed E-state index contributed by atoms with van der Waals surface area (Å²) in [5.74, 6) is -0.0860. The van der Waals surface area contributed by atoms with Gasteiger partial charge in [-0.05, 0) is 73.2 Å². The van der Waals surface area contributed by atoms with E-state index in [9.17, 15) is 9.18 Å². The number of hydrogen-bond acceptors (Lipinski definition) is 2. The molecule has 0 radical (unpaired) electrons. The van der Waals surface area contributed by atoms with Crippen molar-refractivity contribution in [1.82, 2.24) is 4.90 Å². The number of nitrogens with zero attached hydrogens (tertiary/aromatic N) is 2. The Labute approximate surface area is 148 Å². The molecule has 2 aromatic rings. The Morgan fingerprint density at radius 2 is 1.52 bits per heavy atom. The molecule has 1 saturated heterocycles. The normalized spacial score (nSPS) is 17.3. The Morgan fingerprint density at radius 1 is 0.840 bits per heavy atom. The molecule has 2 aromatic carbocycles. The molecule has 1 aliphatic heterocycles. The molecule has 1 fully saturated rings. The average Bonchev–Trinajstić information content (AvgIpc) is 2.68. The Bertz CT molecular complexity index is 764. The number of benzene rings is 2. The van der Waals surface area contributed by atoms with Gasteiger partial charge in [0.2, 0.25) is 0 Å². The molecule has 0 atom stereocenters. The highest BCUT2D eigenvalue weighted by atomic mass is 19.1. The number of hydrogen-bond donors (Lipinski definition) is 0. The van der Waals surface area contributed by atoms with Crippen molar-refractivity contribution in [3.8, 4) is 0 Å². The first-order valence-corrected chi connectivity index (χ1v) is 9.12. The molecular formula is C21H23FN2O. The molecule has 0 aromatic heterocycles. The second-order valence-electron chi connectivity index (χ2n) is 6.95. The molecule has 25 heavy (non-hydrogen) atoms. The average molecular weight is 338 g/mol. The minimum absolute atomic E-state index is 0.132. The van der Waals surface area contributed by atoms with Gasteiger partial charge in [-0.25, -0.2) is 4.39 Å². The first-order valence-electron chi connectivity index (χ1n) is 9.12. The molecular weight excluding hydrogens is 315 g/mol. The fourth-order valence-electron chi connectivity index (χ4n) is 3.87. The summed E-state index contributed by atoms with van der Waals surface area (Å²) in [6.07, 6.45) is 4.71. The summed E-state index contributed by atoms with van der Waals surface area (Å²) in [7, 11) is 0. The van der Waals surface area contributed by atoms with Gasteiger partial charge in [0.25, 0.3) is 5.91 Å². The lowest BCUT2D eigenvalue weighted by Gasteiger charge is -2.36. The molecule has 4 heteroatoms. The van der Waals surface area contributed by atoms with Crippen LogP contribution in [0, 0.1) is 5.82 Å². The van der Waals surface area contributed by atoms with E-state index >= 15 is 0 Å². The van der Waals surface area contributed by atoms with E-state index in [1.807, 2.05) is 11.0 Å². The van der Waals surface area contributed by atoms with Gasteiger partial charge in [-0.3, -0.25) is 4.79 Å². The van der Waals surface area contributed by atoms with E-state index in [0.29, 0.717) is 13.1 Å². The standard InChI is InChI=1S/C21H23FN2O/c22-19-7-9-20(10-8-19)23-11-13-24(14-12-23)21(25)18-6-5-16-3-1-2-4-17(16)15-18/h5-10,15H,1-4,11-14H2. The highest BCUT2D eigenvalue weighted by molar-refractivity contribution is 5.94. The summed E-state index contributed by atoms with van der Waals surface area (Å²) in [6, 6.07) is 12.8. The van der Waals surface area contributed by atoms with E-state index in [1.54, 1.807) is 12.1 Å². The Morgan fingerprint density at radius 3 is 2.24 bits per heavy atom. The van der Waals surface area contributed by atoms with Crippen LogP contribution in [0.15, 0.2) is 42.5 Å². The molecule has 4 rings (SSSR count). The third-order valence-corrected chi connectivity index (χ3v) is 5.35. The van der Waals surface area contributed by atoms with E-state index in [0.717, 1.165) is 37.2 Å². The third kappa shape index (κ3) is 3.39. The van der Waals surface area contributed by atoms with E-state index in [2.05, 4.69) is 17.0 Å². The van der Waals surface area contributed by atoms with Crippen molar-refractivity contribution in [3.05, 3.63) is 65.0 Å². The summed E-state index contributed by atoms with van der Waals surface area (Å²) in [5, 5.41) is 0. The van der Waals surface area contributed by atoms with Gasteiger partial charge in [-0.15, -0.1) is 0 Å². The van der Waals surface area contributed by atoms with E-state index < -0.39 is 0 Å². The van der Waals surface area contributed by atoms with Crippen LogP contribution in [0.2, 0.25) is 0 Å². The molecule has 1 heterocycles. The molecule has 1 amide bonds. The van der Waals surface area contributed by atoms with Crippen molar-refractivity contribution in [2.75, 3.05) is 31.1 Å². The number of fused-ring (bicyclic) bond motifs is 1. The predicted octanol–water partition coefficient (Wildman–Crippen LogP) is 3.67. The lowest BCUT2D eigenvalue weighted by atomic mass is 9.90. The minimum Gasteiger partial charge on any atom is -0.368 e. The molecule has 0 spiro atoms. The number of rotatable bonds is 2. The van der Waals surface area contributed by atoms with Crippen LogP contribution < -0.4 is 4.90 Å². The number of piperazine rings is 1. The maximum atomic E-state index is 13.1. The lowest BCUT2D eigenvalue weighted by molar-refractivity contribution is 0.0746. The largest absolute Gasteiger partial charge is 0.368 e. The zero-order valence-corrected chi connectivity index (χ0v) is 14.4. The topological polar surface area (TPSA) is 23.6 Å². The zero-order valence-electron chi connectivity index (χ0n) is 14.4. The maximum Gasteiger partial charge on any atom is 0.253 e. The van der Waals surface area contributed by atoms with Crippen LogP contribution >= 0.6 is 0 Å². The van der Waals surface area contributed by atoms with E-state index in [1.165, 1.54) is 36.1 Å². The van der Waals surface area contributed by atoms with Gasteiger partial charge in [0.1, 0.15) is 5.82 Å². The first-order chi connectivity index (χ1) is 12.2. The Balaban J connectivity index is 1.42. The summed E-state index contributed by atoms with van der Waals surface area (Å²) in [6.45, 7) is 2.96. The van der Waals surface area contributed by atoms with Crippen LogP contribution in [0.4, 0.5) is 10.1 Å². The fourth-order valence-corrected chi connectivity index (χ4v) is 3.87. The van der Waals surface area contributed by atoms with Crippen molar-refractivity contribution in [2.45, 2.75) is 25.7 Å². The van der Waals surface area contributed by atoms with Crippen LogP contribution in [0.3, 0.4) is 0 Å². The molecule has 1 aliphatic carbocycles. The van der Waals surface area contributed by atoms with Crippen LogP contribution in [-0.2, 0) is 12.8 Å². The van der Waals surface area contributed by atoms with Gasteiger partial charge in [0.15, 0.2) is 0 Å². The van der Waals surface area contributed by atoms with Crippen molar-refractivity contribution in [3.63, 3.8) is 0 Å². The number of aryl methyl sites for hydroxylation is 2. The molecule has 3 nitrogen and oxygen atoms in total. The smallest absolute Gasteiger partial charge is 0.253 e. The summed E-state index contributed by atoms with van der Waals surface area (Å²) in [4.78, 5) is 17.0. The van der Waals surface area contributed by atoms with Gasteiger partial charge < -0.3 is 9.80 Å². The number of halogens is 1. The highest BCUT2D eigenvalue weighted by Crippen LogP contribution is 2.23. The molecule has 130 valence electrons. The van der Waals surface area contributed by atoms with Crippen molar-refractivity contribution in [1.29, 1.82) is 0 Å². The zero-order chi connectivity index (χ0) is 17.2. The third-order valence-electron chi connectivity index (χ3n) is 5.35.